The van der Waals surface area contributed by atoms with Crippen molar-refractivity contribution in [3.8, 4) is 0 Å². The largest absolute Gasteiger partial charge is 0.357 e. The lowest BCUT2D eigenvalue weighted by Gasteiger charge is -2.29. The van der Waals surface area contributed by atoms with Gasteiger partial charge in [-0.3, -0.25) is 54.2 Å². The van der Waals surface area contributed by atoms with Crippen molar-refractivity contribution in [2.75, 3.05) is 75.3 Å². The summed E-state index contributed by atoms with van der Waals surface area (Å²) < 4.78 is 58.7. The molecule has 0 saturated carbocycles. The first-order chi connectivity index (χ1) is 62.8. The van der Waals surface area contributed by atoms with Crippen molar-refractivity contribution in [3.63, 3.8) is 0 Å². The lowest BCUT2D eigenvalue weighted by atomic mass is 10.0. The fourth-order valence-electron chi connectivity index (χ4n) is 13.6. The average Bonchev–Trinajstić information content (AvgIpc) is 1.07. The van der Waals surface area contributed by atoms with Gasteiger partial charge in [0.15, 0.2) is 0 Å². The molecule has 3 aliphatic rings. The smallest absolute Gasteiger partial charge is 0.258 e. The Morgan fingerprint density at radius 1 is 0.282 bits per heavy atom. The molecule has 2 fully saturated rings. The fraction of sp³-hybridized carbons (Fsp3) is 0.134. The predicted molar refractivity (Wildman–Crippen MR) is 514 cm³/mol. The average molecular weight is 1930 g/mol. The Morgan fingerprint density at radius 2 is 0.534 bits per heavy atom. The molecule has 22 nitrogen and oxygen atoms in total. The molecule has 131 heavy (non-hydrogen) atoms. The Hall–Kier alpha value is -13.3. The van der Waals surface area contributed by atoms with Crippen molar-refractivity contribution in [1.29, 1.82) is 16.2 Å². The number of piperidine rings is 1. The molecule has 34 heteroatoms. The molecule has 3 heterocycles. The number of carbonyl (C=O) groups is 8. The first kappa shape index (κ1) is 96.8. The van der Waals surface area contributed by atoms with Crippen molar-refractivity contribution >= 4 is 209 Å². The van der Waals surface area contributed by atoms with Gasteiger partial charge >= 0.3 is 0 Å². The summed E-state index contributed by atoms with van der Waals surface area (Å²) in [7, 11) is 0. The van der Waals surface area contributed by atoms with Gasteiger partial charge in [-0.15, -0.1) is 0 Å². The van der Waals surface area contributed by atoms with E-state index in [1.165, 1.54) is 128 Å². The summed E-state index contributed by atoms with van der Waals surface area (Å²) in [5, 5.41) is 48.7. The molecule has 12 aromatic carbocycles. The van der Waals surface area contributed by atoms with E-state index in [0.717, 1.165) is 89.4 Å². The number of hydrogen-bond donors (Lipinski definition) is 11. The molecule has 11 N–H and O–H groups in total. The first-order valence-electron chi connectivity index (χ1n) is 40.4. The highest BCUT2D eigenvalue weighted by atomic mass is 35.5. The van der Waals surface area contributed by atoms with Crippen LogP contribution in [0.2, 0.25) is 40.2 Å². The zero-order valence-corrected chi connectivity index (χ0v) is 75.3. The van der Waals surface area contributed by atoms with Gasteiger partial charge in [0.05, 0.1) is 67.3 Å². The fourth-order valence-corrected chi connectivity index (χ4v) is 14.8. The van der Waals surface area contributed by atoms with Crippen molar-refractivity contribution in [2.24, 2.45) is 4.99 Å². The molecule has 0 bridgehead atoms. The number of anilines is 8. The van der Waals surface area contributed by atoms with E-state index in [-0.39, 0.29) is 84.6 Å². The van der Waals surface area contributed by atoms with Gasteiger partial charge in [-0.05, 0) is 281 Å². The molecule has 0 unspecified atom stereocenters. The van der Waals surface area contributed by atoms with E-state index in [1.54, 1.807) is 115 Å². The predicted octanol–water partition coefficient (Wildman–Crippen LogP) is 24.8. The molecule has 15 rings (SSSR count). The van der Waals surface area contributed by atoms with Gasteiger partial charge in [-0.2, -0.15) is 0 Å². The van der Waals surface area contributed by atoms with Crippen LogP contribution in [0.4, 0.5) is 63.1 Å². The van der Waals surface area contributed by atoms with Crippen molar-refractivity contribution in [2.45, 2.75) is 51.9 Å². The third-order valence-corrected chi connectivity index (χ3v) is 22.4. The molecule has 0 aliphatic carbocycles. The van der Waals surface area contributed by atoms with Gasteiger partial charge < -0.3 is 57.7 Å². The Kier molecular flexibility index (Phi) is 33.5. The van der Waals surface area contributed by atoms with Crippen molar-refractivity contribution in [3.05, 3.63) is 373 Å². The van der Waals surface area contributed by atoms with Gasteiger partial charge in [0.2, 0.25) is 0 Å². The molecular formula is C97H78Cl8F4N14O8. The third-order valence-electron chi connectivity index (χ3n) is 20.4. The number of amidine groups is 2. The van der Waals surface area contributed by atoms with Gasteiger partial charge in [-0.1, -0.05) is 117 Å². The molecule has 8 amide bonds. The normalized spacial score (nSPS) is 12.5. The minimum atomic E-state index is -0.766. The van der Waals surface area contributed by atoms with E-state index in [1.807, 2.05) is 9.80 Å². The number of benzene rings is 12. The highest BCUT2D eigenvalue weighted by Crippen LogP contribution is 2.32. The number of likely N-dealkylation sites (tertiary alicyclic amines) is 2. The van der Waals surface area contributed by atoms with Crippen LogP contribution in [0.3, 0.4) is 0 Å². The van der Waals surface area contributed by atoms with Crippen LogP contribution in [0.1, 0.15) is 157 Å². The number of nitrogens with one attached hydrogen (secondary N) is 11. The topological polar surface area (TPSA) is 323 Å². The van der Waals surface area contributed by atoms with E-state index in [2.05, 4.69) is 47.5 Å². The molecule has 2 saturated heterocycles. The van der Waals surface area contributed by atoms with Crippen LogP contribution < -0.4 is 42.5 Å². The molecule has 0 spiro atoms. The van der Waals surface area contributed by atoms with Crippen LogP contribution in [0, 0.1) is 39.5 Å². The third kappa shape index (κ3) is 26.5. The van der Waals surface area contributed by atoms with E-state index >= 15 is 0 Å². The SMILES string of the molecule is CC(=N)c1ccc(C(=O)Nc2ccc(Cl)cc2C(=O)Nc2ccc(Cl)cc2)c(F)c1.N=C(c1ccc(C(=O)Nc2ccc(Cl)cc2C(=O)Nc2ccc(Cl)cc2)c(F)c1)N1CCCC1.N=C(c1ccc(C(=O)Nc2ccc(Cl)cc2C(=O)Nc2ccc(Cl)cc2)c(F)c1)N1CCCCC1.O=C(Nc1ccc(Cl)cc1C(=O)Nc1ccc(Cl)cc1)c1ccc(C2=NCCC2)cc1F. The Labute approximate surface area is 789 Å². The molecule has 0 atom stereocenters. The maximum absolute atomic E-state index is 14.9. The second kappa shape index (κ2) is 45.3. The lowest BCUT2D eigenvalue weighted by molar-refractivity contribution is 0.100. The van der Waals surface area contributed by atoms with E-state index in [0.29, 0.717) is 85.2 Å². The van der Waals surface area contributed by atoms with Crippen LogP contribution in [0.25, 0.3) is 0 Å². The van der Waals surface area contributed by atoms with Gasteiger partial charge in [0, 0.05) is 118 Å². The lowest BCUT2D eigenvalue weighted by Crippen LogP contribution is -2.35. The number of halogens is 12. The number of hydrogen-bond acceptors (Lipinski definition) is 12. The molecular weight excluding hydrogens is 1850 g/mol. The van der Waals surface area contributed by atoms with Crippen LogP contribution in [-0.2, 0) is 0 Å². The number of aliphatic imine (C=N–C) groups is 1. The first-order valence-corrected chi connectivity index (χ1v) is 43.5. The minimum Gasteiger partial charge on any atom is -0.357 e. The maximum Gasteiger partial charge on any atom is 0.258 e. The Balaban J connectivity index is 0.000000158. The van der Waals surface area contributed by atoms with Gasteiger partial charge in [-0.25, -0.2) is 17.6 Å². The van der Waals surface area contributed by atoms with E-state index < -0.39 is 70.5 Å². The summed E-state index contributed by atoms with van der Waals surface area (Å²) >= 11 is 47.7. The summed E-state index contributed by atoms with van der Waals surface area (Å²) in [6.45, 7) is 5.31. The van der Waals surface area contributed by atoms with E-state index in [9.17, 15) is 55.9 Å². The molecule has 3 aliphatic heterocycles. The highest BCUT2D eigenvalue weighted by molar-refractivity contribution is 6.34. The number of carbonyl (C=O) groups excluding carboxylic acids is 8. The van der Waals surface area contributed by atoms with Gasteiger partial charge in [0.1, 0.15) is 34.9 Å². The molecule has 0 aromatic heterocycles. The zero-order chi connectivity index (χ0) is 93.7. The number of nitrogens with zero attached hydrogens (tertiary/aromatic N) is 3. The number of amides is 8. The summed E-state index contributed by atoms with van der Waals surface area (Å²) in [6, 6.07) is 60.3. The summed E-state index contributed by atoms with van der Waals surface area (Å²) in [4.78, 5) is 110. The maximum atomic E-state index is 14.9. The quantitative estimate of drug-likeness (QED) is 0.0195. The van der Waals surface area contributed by atoms with Crippen LogP contribution in [0.15, 0.2) is 248 Å². The zero-order valence-electron chi connectivity index (χ0n) is 69.2. The summed E-state index contributed by atoms with van der Waals surface area (Å²) in [5.41, 5.74) is 5.40. The molecule has 668 valence electrons. The van der Waals surface area contributed by atoms with Crippen molar-refractivity contribution < 1.29 is 55.9 Å². The monoisotopic (exact) mass is 1920 g/mol. The van der Waals surface area contributed by atoms with E-state index in [4.69, 9.17) is 109 Å². The second-order valence-corrected chi connectivity index (χ2v) is 33.2. The summed E-state index contributed by atoms with van der Waals surface area (Å²) in [6.07, 6.45) is 6.86. The van der Waals surface area contributed by atoms with Crippen LogP contribution >= 0.6 is 92.8 Å². The highest BCUT2D eigenvalue weighted by Gasteiger charge is 2.27. The molecule has 12 aromatic rings. The Morgan fingerprint density at radius 3 is 0.802 bits per heavy atom. The van der Waals surface area contributed by atoms with Crippen molar-refractivity contribution in [1.82, 2.24) is 9.80 Å². The van der Waals surface area contributed by atoms with Crippen LogP contribution in [-0.4, -0.2) is 113 Å². The standard InChI is InChI=1S/C26H23Cl2FN4O2.C25H21Cl2FN4O2.C24H18Cl2FN3O2.C22H16Cl2FN3O2/c27-17-5-8-19(9-6-17)31-26(35)21-15-18(28)7-11-23(21)32-25(34)20-10-4-16(14-22(20)29)24(30)33-12-2-1-3-13-33;26-16-4-7-18(8-5-16)30-25(34)20-14-17(27)6-10-22(20)31-24(33)19-9-3-15(13-21(19)28)23(29)32-11-1-2-12-32;25-15-4-7-17(8-5-15)29-24(32)19-13-16(26)6-10-22(19)30-23(31)18-9-3-14(12-20(18)27)21-2-1-11-28-21;1-12(26)13-2-8-17(19(25)10-13)21(29)28-20-9-5-15(24)11-18(20)22(30)27-16-6-3-14(23)4-7-16/h4-11,14-15,30H,1-3,12-13H2,(H,31,35)(H,32,34);3-10,13-14,29H,1-2,11-12H2,(H,30,34)(H,31,33);3-10,12-13H,1-2,11H2,(H,29,32)(H,30,31);2-11,26H,1H3,(H,27,30)(H,28,29). The molecule has 0 radical (unpaired) electrons. The second-order valence-electron chi connectivity index (χ2n) is 29.7. The minimum absolute atomic E-state index is 0.109. The number of rotatable bonds is 20. The van der Waals surface area contributed by atoms with Gasteiger partial charge in [0.25, 0.3) is 47.3 Å². The Bertz CT molecular complexity index is 6450. The van der Waals surface area contributed by atoms with Crippen LogP contribution in [0.5, 0.6) is 0 Å². The summed E-state index contributed by atoms with van der Waals surface area (Å²) in [5.74, 6) is -7.29.